The summed E-state index contributed by atoms with van der Waals surface area (Å²) in [5.41, 5.74) is 1.73. The Hall–Kier alpha value is -2.22. The standard InChI is InChI=1S/C19H20ClN5O2/c20-15-3-1-13(2-4-15)10-23-6-7-24-17(11-23)22-25-16(19(24)26)9-21-18(25)14-5-8-27-12-14/h1-4,9,14H,5-8,10-12H2. The van der Waals surface area contributed by atoms with E-state index in [9.17, 15) is 4.79 Å². The van der Waals surface area contributed by atoms with Gasteiger partial charge in [0, 0.05) is 37.2 Å². The maximum atomic E-state index is 12.9. The lowest BCUT2D eigenvalue weighted by Crippen LogP contribution is -2.40. The Labute approximate surface area is 161 Å². The molecule has 140 valence electrons. The largest absolute Gasteiger partial charge is 0.381 e. The zero-order chi connectivity index (χ0) is 18.4. The van der Waals surface area contributed by atoms with Crippen molar-refractivity contribution in [3.63, 3.8) is 0 Å². The van der Waals surface area contributed by atoms with Crippen LogP contribution in [0.1, 0.15) is 29.6 Å². The Morgan fingerprint density at radius 3 is 2.85 bits per heavy atom. The van der Waals surface area contributed by atoms with Crippen LogP contribution in [0, 0.1) is 0 Å². The Morgan fingerprint density at radius 2 is 2.07 bits per heavy atom. The van der Waals surface area contributed by atoms with Crippen molar-refractivity contribution in [2.45, 2.75) is 32.0 Å². The molecule has 0 saturated carbocycles. The van der Waals surface area contributed by atoms with Crippen LogP contribution in [0.3, 0.4) is 0 Å². The molecule has 0 aliphatic carbocycles. The third-order valence-corrected chi connectivity index (χ3v) is 5.63. The first-order chi connectivity index (χ1) is 13.2. The topological polar surface area (TPSA) is 64.7 Å². The second-order valence-corrected chi connectivity index (χ2v) is 7.62. The van der Waals surface area contributed by atoms with E-state index in [2.05, 4.69) is 9.88 Å². The predicted octanol–water partition coefficient (Wildman–Crippen LogP) is 2.06. The highest BCUT2D eigenvalue weighted by molar-refractivity contribution is 6.30. The van der Waals surface area contributed by atoms with Gasteiger partial charge in [0.2, 0.25) is 0 Å². The third kappa shape index (κ3) is 3.05. The van der Waals surface area contributed by atoms with E-state index < -0.39 is 0 Å². The Morgan fingerprint density at radius 1 is 1.22 bits per heavy atom. The lowest BCUT2D eigenvalue weighted by atomic mass is 10.1. The number of benzene rings is 1. The van der Waals surface area contributed by atoms with Crippen LogP contribution in [0.2, 0.25) is 5.02 Å². The van der Waals surface area contributed by atoms with E-state index in [0.717, 1.165) is 42.8 Å². The normalized spacial score (nSPS) is 20.3. The third-order valence-electron chi connectivity index (χ3n) is 5.37. The predicted molar refractivity (Wildman–Crippen MR) is 101 cm³/mol. The molecule has 1 fully saturated rings. The summed E-state index contributed by atoms with van der Waals surface area (Å²) in [5.74, 6) is 1.82. The quantitative estimate of drug-likeness (QED) is 0.690. The number of hydrogen-bond acceptors (Lipinski definition) is 5. The van der Waals surface area contributed by atoms with Crippen molar-refractivity contribution in [2.75, 3.05) is 19.8 Å². The number of halogens is 1. The second kappa shape index (κ2) is 6.74. The minimum atomic E-state index is -0.0104. The van der Waals surface area contributed by atoms with Gasteiger partial charge >= 0.3 is 0 Å². The fourth-order valence-electron chi connectivity index (χ4n) is 3.90. The zero-order valence-corrected chi connectivity index (χ0v) is 15.6. The first kappa shape index (κ1) is 16.9. The van der Waals surface area contributed by atoms with Crippen LogP contribution in [0.15, 0.2) is 35.3 Å². The van der Waals surface area contributed by atoms with Gasteiger partial charge in [0.1, 0.15) is 11.6 Å². The number of rotatable bonds is 3. The van der Waals surface area contributed by atoms with Crippen LogP contribution in [0.25, 0.3) is 5.52 Å². The van der Waals surface area contributed by atoms with Crippen molar-refractivity contribution in [2.24, 2.45) is 0 Å². The fourth-order valence-corrected chi connectivity index (χ4v) is 4.03. The molecule has 0 spiro atoms. The van der Waals surface area contributed by atoms with Gasteiger partial charge in [0.05, 0.1) is 19.3 Å². The lowest BCUT2D eigenvalue weighted by Gasteiger charge is -2.29. The smallest absolute Gasteiger partial charge is 0.279 e. The van der Waals surface area contributed by atoms with Gasteiger partial charge < -0.3 is 4.74 Å². The summed E-state index contributed by atoms with van der Waals surface area (Å²) in [6.07, 6.45) is 2.57. The van der Waals surface area contributed by atoms with E-state index in [0.29, 0.717) is 25.2 Å². The van der Waals surface area contributed by atoms with E-state index in [1.807, 2.05) is 24.3 Å². The van der Waals surface area contributed by atoms with Crippen LogP contribution < -0.4 is 5.56 Å². The SMILES string of the molecule is O=c1c2cnc(C3CCOC3)n2nc2n1CCN(Cc1ccc(Cl)cc1)C2. The molecule has 4 heterocycles. The number of fused-ring (bicyclic) bond motifs is 2. The molecule has 7 nitrogen and oxygen atoms in total. The molecule has 1 atom stereocenters. The first-order valence-electron chi connectivity index (χ1n) is 9.21. The first-order valence-corrected chi connectivity index (χ1v) is 9.59. The minimum absolute atomic E-state index is 0.0104. The minimum Gasteiger partial charge on any atom is -0.381 e. The van der Waals surface area contributed by atoms with Crippen molar-refractivity contribution in [3.8, 4) is 0 Å². The highest BCUT2D eigenvalue weighted by atomic mass is 35.5. The summed E-state index contributed by atoms with van der Waals surface area (Å²) in [4.78, 5) is 19.7. The Balaban J connectivity index is 1.47. The molecule has 0 amide bonds. The molecule has 0 bridgehead atoms. The molecule has 5 rings (SSSR count). The van der Waals surface area contributed by atoms with Gasteiger partial charge in [-0.05, 0) is 24.1 Å². The van der Waals surface area contributed by atoms with Gasteiger partial charge in [0.15, 0.2) is 5.52 Å². The van der Waals surface area contributed by atoms with Gasteiger partial charge in [-0.2, -0.15) is 5.10 Å². The zero-order valence-electron chi connectivity index (χ0n) is 14.8. The molecule has 3 aromatic rings. The highest BCUT2D eigenvalue weighted by Crippen LogP contribution is 2.24. The maximum absolute atomic E-state index is 12.9. The van der Waals surface area contributed by atoms with Crippen LogP contribution in [-0.2, 0) is 24.4 Å². The molecule has 0 N–H and O–H groups in total. The lowest BCUT2D eigenvalue weighted by molar-refractivity contribution is 0.192. The van der Waals surface area contributed by atoms with Crippen molar-refractivity contribution >= 4 is 17.1 Å². The van der Waals surface area contributed by atoms with Crippen LogP contribution in [0.5, 0.6) is 0 Å². The van der Waals surface area contributed by atoms with Gasteiger partial charge in [0.25, 0.3) is 5.56 Å². The van der Waals surface area contributed by atoms with Crippen LogP contribution in [-0.4, -0.2) is 43.8 Å². The highest BCUT2D eigenvalue weighted by Gasteiger charge is 2.26. The van der Waals surface area contributed by atoms with Crippen LogP contribution in [0.4, 0.5) is 0 Å². The average molecular weight is 386 g/mol. The number of imidazole rings is 1. The molecule has 1 aromatic carbocycles. The molecule has 2 aromatic heterocycles. The molecule has 0 radical (unpaired) electrons. The summed E-state index contributed by atoms with van der Waals surface area (Å²) < 4.78 is 9.00. The molecule has 2 aliphatic heterocycles. The van der Waals surface area contributed by atoms with E-state index >= 15 is 0 Å². The van der Waals surface area contributed by atoms with Gasteiger partial charge in [-0.15, -0.1) is 0 Å². The molecular weight excluding hydrogens is 366 g/mol. The molecule has 8 heteroatoms. The van der Waals surface area contributed by atoms with Crippen molar-refractivity contribution < 1.29 is 4.74 Å². The second-order valence-electron chi connectivity index (χ2n) is 7.18. The number of ether oxygens (including phenoxy) is 1. The summed E-state index contributed by atoms with van der Waals surface area (Å²) in [5, 5.41) is 5.52. The van der Waals surface area contributed by atoms with Crippen LogP contribution >= 0.6 is 11.6 Å². The van der Waals surface area contributed by atoms with Crippen molar-refractivity contribution in [3.05, 3.63) is 63.1 Å². The summed E-state index contributed by atoms with van der Waals surface area (Å²) in [6, 6.07) is 7.88. The molecule has 27 heavy (non-hydrogen) atoms. The Kier molecular flexibility index (Phi) is 4.22. The molecule has 2 aliphatic rings. The van der Waals surface area contributed by atoms with E-state index in [4.69, 9.17) is 21.4 Å². The Bertz CT molecular complexity index is 1040. The summed E-state index contributed by atoms with van der Waals surface area (Å²) >= 11 is 5.97. The van der Waals surface area contributed by atoms with E-state index in [1.54, 1.807) is 15.3 Å². The maximum Gasteiger partial charge on any atom is 0.279 e. The summed E-state index contributed by atoms with van der Waals surface area (Å²) in [7, 11) is 0. The summed E-state index contributed by atoms with van der Waals surface area (Å²) in [6.45, 7) is 4.26. The molecule has 1 unspecified atom stereocenters. The van der Waals surface area contributed by atoms with Crippen molar-refractivity contribution in [1.29, 1.82) is 0 Å². The average Bonchev–Trinajstić information content (AvgIpc) is 3.33. The number of aromatic nitrogens is 4. The monoisotopic (exact) mass is 385 g/mol. The van der Waals surface area contributed by atoms with Crippen molar-refractivity contribution in [1.82, 2.24) is 24.1 Å². The van der Waals surface area contributed by atoms with Gasteiger partial charge in [-0.1, -0.05) is 23.7 Å². The van der Waals surface area contributed by atoms with E-state index in [-0.39, 0.29) is 11.5 Å². The molecular formula is C19H20ClN5O2. The van der Waals surface area contributed by atoms with E-state index in [1.165, 1.54) is 5.56 Å². The number of hydrogen-bond donors (Lipinski definition) is 0. The van der Waals surface area contributed by atoms with Gasteiger partial charge in [-0.3, -0.25) is 14.3 Å². The fraction of sp³-hybridized carbons (Fsp3) is 0.421. The van der Waals surface area contributed by atoms with Gasteiger partial charge in [-0.25, -0.2) is 9.50 Å². The molecule has 1 saturated heterocycles. The number of nitrogens with zero attached hydrogens (tertiary/aromatic N) is 5.